The molecule has 130 valence electrons. The molecule has 6 heteroatoms. The van der Waals surface area contributed by atoms with Crippen molar-refractivity contribution < 1.29 is 5.11 Å². The van der Waals surface area contributed by atoms with Crippen molar-refractivity contribution in [2.75, 3.05) is 0 Å². The molecule has 0 atom stereocenters. The van der Waals surface area contributed by atoms with Gasteiger partial charge in [0.15, 0.2) is 11.2 Å². The van der Waals surface area contributed by atoms with Gasteiger partial charge in [-0.15, -0.1) is 0 Å². The lowest BCUT2D eigenvalue weighted by molar-refractivity contribution is 0.467. The second kappa shape index (κ2) is 6.15. The molecule has 0 saturated carbocycles. The fourth-order valence-corrected chi connectivity index (χ4v) is 3.12. The number of fused-ring (bicyclic) bond motifs is 1. The number of aromatic nitrogens is 4. The van der Waals surface area contributed by atoms with Crippen LogP contribution in [0.1, 0.15) is 16.7 Å². The molecule has 0 bridgehead atoms. The van der Waals surface area contributed by atoms with Crippen molar-refractivity contribution >= 4 is 11.2 Å². The Morgan fingerprint density at radius 2 is 1.81 bits per heavy atom. The van der Waals surface area contributed by atoms with Crippen LogP contribution in [0.2, 0.25) is 0 Å². The Bertz CT molecular complexity index is 1140. The summed E-state index contributed by atoms with van der Waals surface area (Å²) in [5.41, 5.74) is 3.92. The monoisotopic (exact) mass is 346 g/mol. The van der Waals surface area contributed by atoms with Crippen molar-refractivity contribution in [1.82, 2.24) is 19.5 Å². The number of H-pyrrole nitrogens is 1. The van der Waals surface area contributed by atoms with E-state index in [2.05, 4.69) is 15.0 Å². The van der Waals surface area contributed by atoms with Gasteiger partial charge >= 0.3 is 0 Å². The highest BCUT2D eigenvalue weighted by Crippen LogP contribution is 2.27. The number of aromatic amines is 1. The maximum Gasteiger partial charge on any atom is 0.277 e. The van der Waals surface area contributed by atoms with Crippen LogP contribution in [0.4, 0.5) is 0 Å². The zero-order valence-corrected chi connectivity index (χ0v) is 14.5. The molecule has 2 aromatic heterocycles. The summed E-state index contributed by atoms with van der Waals surface area (Å²) in [6.45, 7) is 4.19. The van der Waals surface area contributed by atoms with E-state index in [4.69, 9.17) is 0 Å². The summed E-state index contributed by atoms with van der Waals surface area (Å²) < 4.78 is 1.80. The van der Waals surface area contributed by atoms with Crippen LogP contribution in [0.25, 0.3) is 22.6 Å². The third-order valence-electron chi connectivity index (χ3n) is 4.44. The third-order valence-corrected chi connectivity index (χ3v) is 4.44. The molecule has 0 aliphatic carbocycles. The number of aryl methyl sites for hydroxylation is 2. The predicted octanol–water partition coefficient (Wildman–Crippen LogP) is 3.16. The standard InChI is InChI=1S/C20H18N4O2/c1-12-8-15(9-13(2)17(12)25)18-22-19-16(20(26)23-18)24(11-21-19)10-14-6-4-3-5-7-14/h3-9,11,25H,10H2,1-2H3,(H,22,23,26). The Kier molecular flexibility index (Phi) is 3.80. The molecule has 2 heterocycles. The minimum absolute atomic E-state index is 0.234. The van der Waals surface area contributed by atoms with Crippen LogP contribution >= 0.6 is 0 Å². The van der Waals surface area contributed by atoms with Gasteiger partial charge in [-0.3, -0.25) is 4.79 Å². The Morgan fingerprint density at radius 3 is 2.50 bits per heavy atom. The first-order valence-electron chi connectivity index (χ1n) is 8.32. The highest BCUT2D eigenvalue weighted by molar-refractivity contribution is 5.73. The number of phenols is 1. The Hall–Kier alpha value is -3.41. The van der Waals surface area contributed by atoms with Crippen LogP contribution in [-0.4, -0.2) is 24.6 Å². The molecule has 0 spiro atoms. The van der Waals surface area contributed by atoms with E-state index in [0.29, 0.717) is 23.5 Å². The number of nitrogens with zero attached hydrogens (tertiary/aromatic N) is 3. The van der Waals surface area contributed by atoms with Crippen LogP contribution in [-0.2, 0) is 6.54 Å². The summed E-state index contributed by atoms with van der Waals surface area (Å²) in [6.07, 6.45) is 1.64. The van der Waals surface area contributed by atoms with Gasteiger partial charge in [-0.05, 0) is 42.7 Å². The van der Waals surface area contributed by atoms with Crippen molar-refractivity contribution in [3.63, 3.8) is 0 Å². The van der Waals surface area contributed by atoms with Gasteiger partial charge < -0.3 is 14.7 Å². The van der Waals surface area contributed by atoms with Gasteiger partial charge in [-0.25, -0.2) is 9.97 Å². The van der Waals surface area contributed by atoms with Crippen molar-refractivity contribution in [2.45, 2.75) is 20.4 Å². The fourth-order valence-electron chi connectivity index (χ4n) is 3.12. The second-order valence-corrected chi connectivity index (χ2v) is 6.40. The van der Waals surface area contributed by atoms with E-state index in [1.54, 1.807) is 23.0 Å². The molecule has 0 saturated heterocycles. The van der Waals surface area contributed by atoms with Crippen molar-refractivity contribution in [3.05, 3.63) is 75.8 Å². The largest absolute Gasteiger partial charge is 0.507 e. The molecule has 0 radical (unpaired) electrons. The molecular weight excluding hydrogens is 328 g/mol. The van der Waals surface area contributed by atoms with Gasteiger partial charge in [0.2, 0.25) is 0 Å². The lowest BCUT2D eigenvalue weighted by Crippen LogP contribution is -2.13. The number of hydrogen-bond donors (Lipinski definition) is 2. The van der Waals surface area contributed by atoms with E-state index in [1.165, 1.54) is 0 Å². The molecule has 6 nitrogen and oxygen atoms in total. The number of phenolic OH excluding ortho intramolecular Hbond substituents is 1. The van der Waals surface area contributed by atoms with Crippen LogP contribution in [0, 0.1) is 13.8 Å². The molecule has 0 aliphatic rings. The third kappa shape index (κ3) is 2.75. The summed E-state index contributed by atoms with van der Waals surface area (Å²) in [4.78, 5) is 24.3. The highest BCUT2D eigenvalue weighted by atomic mass is 16.3. The van der Waals surface area contributed by atoms with Crippen LogP contribution < -0.4 is 5.56 Å². The molecule has 2 N–H and O–H groups in total. The van der Waals surface area contributed by atoms with Crippen molar-refractivity contribution in [2.24, 2.45) is 0 Å². The fraction of sp³-hybridized carbons (Fsp3) is 0.150. The molecule has 2 aromatic carbocycles. The van der Waals surface area contributed by atoms with Gasteiger partial charge in [-0.1, -0.05) is 30.3 Å². The molecule has 0 aliphatic heterocycles. The highest BCUT2D eigenvalue weighted by Gasteiger charge is 2.13. The lowest BCUT2D eigenvalue weighted by Gasteiger charge is -2.08. The van der Waals surface area contributed by atoms with Gasteiger partial charge in [-0.2, -0.15) is 0 Å². The Morgan fingerprint density at radius 1 is 1.12 bits per heavy atom. The molecule has 26 heavy (non-hydrogen) atoms. The predicted molar refractivity (Wildman–Crippen MR) is 100 cm³/mol. The summed E-state index contributed by atoms with van der Waals surface area (Å²) >= 11 is 0. The number of hydrogen-bond acceptors (Lipinski definition) is 4. The van der Waals surface area contributed by atoms with E-state index in [-0.39, 0.29) is 11.3 Å². The van der Waals surface area contributed by atoms with E-state index >= 15 is 0 Å². The summed E-state index contributed by atoms with van der Waals surface area (Å²) in [5, 5.41) is 9.94. The van der Waals surface area contributed by atoms with Gasteiger partial charge in [0.25, 0.3) is 5.56 Å². The van der Waals surface area contributed by atoms with E-state index < -0.39 is 0 Å². The van der Waals surface area contributed by atoms with E-state index in [9.17, 15) is 9.90 Å². The average Bonchev–Trinajstić information content (AvgIpc) is 3.03. The topological polar surface area (TPSA) is 83.8 Å². The number of aromatic hydroxyl groups is 1. The molecule has 0 fully saturated rings. The number of imidazole rings is 1. The smallest absolute Gasteiger partial charge is 0.277 e. The SMILES string of the molecule is Cc1cc(-c2nc3ncn(Cc4ccccc4)c3c(=O)[nH]2)cc(C)c1O. The Balaban J connectivity index is 1.80. The molecular formula is C20H18N4O2. The van der Waals surface area contributed by atoms with Crippen LogP contribution in [0.3, 0.4) is 0 Å². The van der Waals surface area contributed by atoms with Gasteiger partial charge in [0.1, 0.15) is 11.6 Å². The van der Waals surface area contributed by atoms with E-state index in [1.807, 2.05) is 44.2 Å². The minimum atomic E-state index is -0.234. The first-order chi connectivity index (χ1) is 12.5. The Labute approximate surface area is 149 Å². The van der Waals surface area contributed by atoms with Gasteiger partial charge in [0.05, 0.1) is 6.33 Å². The lowest BCUT2D eigenvalue weighted by atomic mass is 10.1. The number of rotatable bonds is 3. The van der Waals surface area contributed by atoms with Crippen molar-refractivity contribution in [3.8, 4) is 17.1 Å². The average molecular weight is 346 g/mol. The van der Waals surface area contributed by atoms with Crippen LogP contribution in [0.5, 0.6) is 5.75 Å². The molecule has 4 aromatic rings. The van der Waals surface area contributed by atoms with Crippen molar-refractivity contribution in [1.29, 1.82) is 0 Å². The van der Waals surface area contributed by atoms with E-state index in [0.717, 1.165) is 22.3 Å². The summed E-state index contributed by atoms with van der Waals surface area (Å²) in [6, 6.07) is 13.5. The first kappa shape index (κ1) is 16.1. The normalized spacial score (nSPS) is 11.2. The van der Waals surface area contributed by atoms with Crippen LogP contribution in [0.15, 0.2) is 53.6 Å². The molecule has 4 rings (SSSR count). The second-order valence-electron chi connectivity index (χ2n) is 6.40. The quantitative estimate of drug-likeness (QED) is 0.597. The summed E-state index contributed by atoms with van der Waals surface area (Å²) in [5.74, 6) is 0.697. The zero-order chi connectivity index (χ0) is 18.3. The maximum atomic E-state index is 12.7. The summed E-state index contributed by atoms with van der Waals surface area (Å²) in [7, 11) is 0. The maximum absolute atomic E-state index is 12.7. The van der Waals surface area contributed by atoms with Gasteiger partial charge in [0, 0.05) is 12.1 Å². The number of nitrogens with one attached hydrogen (secondary N) is 1. The minimum Gasteiger partial charge on any atom is -0.507 e. The number of benzene rings is 2. The molecule has 0 amide bonds. The molecule has 0 unspecified atom stereocenters. The zero-order valence-electron chi connectivity index (χ0n) is 14.5. The first-order valence-corrected chi connectivity index (χ1v) is 8.32.